The van der Waals surface area contributed by atoms with Gasteiger partial charge in [0, 0.05) is 16.8 Å². The molecule has 25 heavy (non-hydrogen) atoms. The molecule has 1 saturated carbocycles. The predicted octanol–water partition coefficient (Wildman–Crippen LogP) is 2.10. The molecule has 1 aromatic rings. The standard InChI is InChI=1S/C18H18FN3O3/c19-12-7-11-13(22-17(25)18(11)5-6-18)8-14(12)21-16(24)10-4-2-1-3-9(10)15(20)23/h7-8H,1-6H2,(H2,20,23)(H,21,24)(H,22,25). The van der Waals surface area contributed by atoms with Gasteiger partial charge in [-0.3, -0.25) is 14.4 Å². The highest BCUT2D eigenvalue weighted by Gasteiger charge is 2.56. The topological polar surface area (TPSA) is 101 Å². The quantitative estimate of drug-likeness (QED) is 0.783. The van der Waals surface area contributed by atoms with Gasteiger partial charge >= 0.3 is 0 Å². The lowest BCUT2D eigenvalue weighted by Gasteiger charge is -2.18. The summed E-state index contributed by atoms with van der Waals surface area (Å²) in [4.78, 5) is 36.1. The molecule has 0 unspecified atom stereocenters. The fourth-order valence-corrected chi connectivity index (χ4v) is 3.78. The number of nitrogens with one attached hydrogen (secondary N) is 2. The Balaban J connectivity index is 1.64. The normalized spacial score (nSPS) is 20.3. The lowest BCUT2D eigenvalue weighted by Crippen LogP contribution is -2.25. The zero-order valence-corrected chi connectivity index (χ0v) is 13.6. The van der Waals surface area contributed by atoms with Gasteiger partial charge in [0.25, 0.3) is 5.91 Å². The van der Waals surface area contributed by atoms with Crippen molar-refractivity contribution >= 4 is 29.1 Å². The minimum absolute atomic E-state index is 0.0105. The van der Waals surface area contributed by atoms with Crippen molar-refractivity contribution in [1.82, 2.24) is 0 Å². The Hall–Kier alpha value is -2.70. The molecular formula is C18H18FN3O3. The van der Waals surface area contributed by atoms with Crippen LogP contribution in [0.1, 0.15) is 44.1 Å². The molecule has 1 aromatic carbocycles. The Bertz CT molecular complexity index is 855. The first-order valence-corrected chi connectivity index (χ1v) is 8.41. The second-order valence-corrected chi connectivity index (χ2v) is 6.90. The first-order valence-electron chi connectivity index (χ1n) is 8.41. The number of amides is 3. The second kappa shape index (κ2) is 5.40. The monoisotopic (exact) mass is 343 g/mol. The summed E-state index contributed by atoms with van der Waals surface area (Å²) >= 11 is 0. The summed E-state index contributed by atoms with van der Waals surface area (Å²) in [5, 5.41) is 5.28. The molecule has 1 heterocycles. The maximum absolute atomic E-state index is 14.5. The highest BCUT2D eigenvalue weighted by molar-refractivity contribution is 6.12. The third-order valence-corrected chi connectivity index (χ3v) is 5.34. The molecule has 4 N–H and O–H groups in total. The molecule has 3 aliphatic rings. The molecule has 1 fully saturated rings. The van der Waals surface area contributed by atoms with E-state index in [2.05, 4.69) is 10.6 Å². The summed E-state index contributed by atoms with van der Waals surface area (Å²) in [5.41, 5.74) is 6.58. The summed E-state index contributed by atoms with van der Waals surface area (Å²) in [6, 6.07) is 2.76. The van der Waals surface area contributed by atoms with Crippen LogP contribution in [0.4, 0.5) is 15.8 Å². The number of carbonyl (C=O) groups is 3. The van der Waals surface area contributed by atoms with E-state index in [0.717, 1.165) is 12.8 Å². The van der Waals surface area contributed by atoms with Crippen LogP contribution in [0.5, 0.6) is 0 Å². The highest BCUT2D eigenvalue weighted by atomic mass is 19.1. The van der Waals surface area contributed by atoms with Crippen LogP contribution in [0, 0.1) is 5.82 Å². The van der Waals surface area contributed by atoms with Crippen LogP contribution in [0.3, 0.4) is 0 Å². The minimum Gasteiger partial charge on any atom is -0.366 e. The van der Waals surface area contributed by atoms with Gasteiger partial charge in [0.2, 0.25) is 11.8 Å². The Labute approximate surface area is 143 Å². The molecule has 0 atom stereocenters. The molecule has 7 heteroatoms. The number of fused-ring (bicyclic) bond motifs is 2. The Morgan fingerprint density at radius 3 is 2.48 bits per heavy atom. The van der Waals surface area contributed by atoms with Crippen LogP contribution in [0.15, 0.2) is 23.3 Å². The first kappa shape index (κ1) is 15.8. The Kier molecular flexibility index (Phi) is 3.42. The van der Waals surface area contributed by atoms with Crippen molar-refractivity contribution in [3.8, 4) is 0 Å². The van der Waals surface area contributed by atoms with E-state index in [-0.39, 0.29) is 11.6 Å². The molecule has 4 rings (SSSR count). The van der Waals surface area contributed by atoms with Crippen LogP contribution in [0.2, 0.25) is 0 Å². The van der Waals surface area contributed by atoms with E-state index in [9.17, 15) is 18.8 Å². The maximum Gasteiger partial charge on any atom is 0.252 e. The zero-order chi connectivity index (χ0) is 17.8. The summed E-state index contributed by atoms with van der Waals surface area (Å²) in [7, 11) is 0. The van der Waals surface area contributed by atoms with Crippen molar-refractivity contribution < 1.29 is 18.8 Å². The van der Waals surface area contributed by atoms with Gasteiger partial charge < -0.3 is 16.4 Å². The fourth-order valence-electron chi connectivity index (χ4n) is 3.78. The number of primary amides is 1. The smallest absolute Gasteiger partial charge is 0.252 e. The third-order valence-electron chi connectivity index (χ3n) is 5.34. The number of carbonyl (C=O) groups excluding carboxylic acids is 3. The number of hydrogen-bond acceptors (Lipinski definition) is 3. The molecule has 130 valence electrons. The molecule has 1 aliphatic heterocycles. The van der Waals surface area contributed by atoms with Crippen LogP contribution in [-0.4, -0.2) is 17.7 Å². The molecule has 1 spiro atoms. The number of rotatable bonds is 3. The van der Waals surface area contributed by atoms with Crippen LogP contribution >= 0.6 is 0 Å². The number of anilines is 2. The molecule has 2 aliphatic carbocycles. The Morgan fingerprint density at radius 2 is 1.84 bits per heavy atom. The number of halogens is 1. The minimum atomic E-state index is -0.609. The lowest BCUT2D eigenvalue weighted by molar-refractivity contribution is -0.118. The van der Waals surface area contributed by atoms with Crippen molar-refractivity contribution in [3.63, 3.8) is 0 Å². The number of benzene rings is 1. The van der Waals surface area contributed by atoms with E-state index in [1.165, 1.54) is 12.1 Å². The summed E-state index contributed by atoms with van der Waals surface area (Å²) in [6.45, 7) is 0. The van der Waals surface area contributed by atoms with Gasteiger partial charge in [-0.25, -0.2) is 4.39 Å². The van der Waals surface area contributed by atoms with E-state index in [4.69, 9.17) is 5.73 Å². The molecule has 0 aromatic heterocycles. The van der Waals surface area contributed by atoms with E-state index >= 15 is 0 Å². The highest BCUT2D eigenvalue weighted by Crippen LogP contribution is 2.55. The molecule has 0 bridgehead atoms. The van der Waals surface area contributed by atoms with Crippen LogP contribution < -0.4 is 16.4 Å². The van der Waals surface area contributed by atoms with E-state index in [1.54, 1.807) is 0 Å². The van der Waals surface area contributed by atoms with E-state index in [1.807, 2.05) is 0 Å². The average Bonchev–Trinajstić information content (AvgIpc) is 3.34. The predicted molar refractivity (Wildman–Crippen MR) is 89.3 cm³/mol. The van der Waals surface area contributed by atoms with Crippen LogP contribution in [-0.2, 0) is 19.8 Å². The van der Waals surface area contributed by atoms with Gasteiger partial charge in [0.15, 0.2) is 0 Å². The van der Waals surface area contributed by atoms with Crippen LogP contribution in [0.25, 0.3) is 0 Å². The number of hydrogen-bond donors (Lipinski definition) is 3. The summed E-state index contributed by atoms with van der Waals surface area (Å²) in [6.07, 6.45) is 3.92. The molecule has 0 saturated heterocycles. The molecular weight excluding hydrogens is 325 g/mol. The van der Waals surface area contributed by atoms with Crippen molar-refractivity contribution in [3.05, 3.63) is 34.7 Å². The lowest BCUT2D eigenvalue weighted by atomic mass is 9.90. The van der Waals surface area contributed by atoms with Gasteiger partial charge in [-0.05, 0) is 56.2 Å². The molecule has 0 radical (unpaired) electrons. The Morgan fingerprint density at radius 1 is 1.16 bits per heavy atom. The second-order valence-electron chi connectivity index (χ2n) is 6.90. The number of nitrogens with two attached hydrogens (primary N) is 1. The largest absolute Gasteiger partial charge is 0.366 e. The summed E-state index contributed by atoms with van der Waals surface area (Å²) in [5.74, 6) is -1.83. The van der Waals surface area contributed by atoms with E-state index in [0.29, 0.717) is 48.1 Å². The third kappa shape index (κ3) is 2.42. The van der Waals surface area contributed by atoms with Gasteiger partial charge in [0.1, 0.15) is 5.82 Å². The van der Waals surface area contributed by atoms with Crippen molar-refractivity contribution in [1.29, 1.82) is 0 Å². The van der Waals surface area contributed by atoms with E-state index < -0.39 is 23.0 Å². The molecule has 6 nitrogen and oxygen atoms in total. The van der Waals surface area contributed by atoms with Crippen molar-refractivity contribution in [2.24, 2.45) is 5.73 Å². The maximum atomic E-state index is 14.5. The van der Waals surface area contributed by atoms with Gasteiger partial charge in [0.05, 0.1) is 11.1 Å². The van der Waals surface area contributed by atoms with Crippen molar-refractivity contribution in [2.45, 2.75) is 43.9 Å². The van der Waals surface area contributed by atoms with Gasteiger partial charge in [-0.15, -0.1) is 0 Å². The first-order chi connectivity index (χ1) is 11.9. The average molecular weight is 343 g/mol. The SMILES string of the molecule is NC(=O)C1=C(C(=O)Nc2cc3c(cc2F)C2(CC2)C(=O)N3)CCCC1. The zero-order valence-electron chi connectivity index (χ0n) is 13.6. The fraction of sp³-hybridized carbons (Fsp3) is 0.389. The van der Waals surface area contributed by atoms with Gasteiger partial charge in [-0.1, -0.05) is 0 Å². The molecule has 3 amide bonds. The van der Waals surface area contributed by atoms with Crippen molar-refractivity contribution in [2.75, 3.05) is 10.6 Å². The summed E-state index contributed by atoms with van der Waals surface area (Å²) < 4.78 is 14.5. The van der Waals surface area contributed by atoms with Gasteiger partial charge in [-0.2, -0.15) is 0 Å².